The summed E-state index contributed by atoms with van der Waals surface area (Å²) in [7, 11) is 0. The van der Waals surface area contributed by atoms with Crippen LogP contribution in [-0.4, -0.2) is 38.3 Å². The zero-order valence-corrected chi connectivity index (χ0v) is 21.9. The lowest BCUT2D eigenvalue weighted by atomic mass is 10.1. The number of nitrogens with one attached hydrogen (secondary N) is 1. The minimum atomic E-state index is -0.645. The van der Waals surface area contributed by atoms with Gasteiger partial charge < -0.3 is 14.7 Å². The second-order valence-corrected chi connectivity index (χ2v) is 10.2. The Labute approximate surface area is 215 Å². The maximum Gasteiger partial charge on any atom is 0.434 e. The van der Waals surface area contributed by atoms with E-state index in [1.807, 2.05) is 51.1 Å². The smallest absolute Gasteiger partial charge is 0.434 e. The lowest BCUT2D eigenvalue weighted by Gasteiger charge is -2.20. The van der Waals surface area contributed by atoms with Crippen LogP contribution in [0.3, 0.4) is 0 Å². The summed E-state index contributed by atoms with van der Waals surface area (Å²) in [5, 5.41) is 13.8. The first-order valence-electron chi connectivity index (χ1n) is 11.7. The minimum Gasteiger partial charge on any atom is -0.444 e. The second kappa shape index (κ2) is 11.1. The minimum absolute atomic E-state index is 0.459. The van der Waals surface area contributed by atoms with Crippen molar-refractivity contribution in [3.8, 4) is 11.3 Å². The molecule has 1 aromatic heterocycles. The van der Waals surface area contributed by atoms with Gasteiger partial charge in [0.1, 0.15) is 11.2 Å². The van der Waals surface area contributed by atoms with Gasteiger partial charge in [-0.2, -0.15) is 9.72 Å². The Hall–Kier alpha value is -4.40. The van der Waals surface area contributed by atoms with E-state index in [-0.39, 0.29) is 0 Å². The van der Waals surface area contributed by atoms with Crippen molar-refractivity contribution in [2.24, 2.45) is 4.99 Å². The van der Waals surface area contributed by atoms with Crippen molar-refractivity contribution in [2.75, 3.05) is 5.32 Å². The molecule has 0 fully saturated rings. The molecule has 1 aliphatic carbocycles. The molecule has 2 aliphatic rings. The van der Waals surface area contributed by atoms with E-state index in [1.165, 1.54) is 6.20 Å². The van der Waals surface area contributed by atoms with Crippen LogP contribution in [0.5, 0.6) is 0 Å². The van der Waals surface area contributed by atoms with Crippen molar-refractivity contribution in [1.29, 1.82) is 0 Å². The van der Waals surface area contributed by atoms with Gasteiger partial charge in [0, 0.05) is 23.3 Å². The Morgan fingerprint density at radius 1 is 0.892 bits per heavy atom. The van der Waals surface area contributed by atoms with Crippen LogP contribution in [0, 0.1) is 0 Å². The molecule has 1 aliphatic heterocycles. The van der Waals surface area contributed by atoms with Gasteiger partial charge in [-0.3, -0.25) is 10.3 Å². The van der Waals surface area contributed by atoms with Crippen LogP contribution in [0.25, 0.3) is 22.2 Å². The number of amides is 2. The van der Waals surface area contributed by atoms with Crippen LogP contribution in [0.4, 0.5) is 15.3 Å². The fourth-order valence-corrected chi connectivity index (χ4v) is 3.32. The summed E-state index contributed by atoms with van der Waals surface area (Å²) in [4.78, 5) is 31.6. The third kappa shape index (κ3) is 8.06. The quantitative estimate of drug-likeness (QED) is 0.296. The van der Waals surface area contributed by atoms with Crippen LogP contribution < -0.4 is 10.7 Å². The van der Waals surface area contributed by atoms with E-state index in [0.717, 1.165) is 15.6 Å². The molecule has 1 aromatic carbocycles. The average Bonchev–Trinajstić information content (AvgIpc) is 2.78. The molecule has 0 atom stereocenters. The van der Waals surface area contributed by atoms with Gasteiger partial charge in [0.05, 0.1) is 22.3 Å². The number of hydrogen-bond donors (Lipinski definition) is 2. The molecule has 2 amide bonds. The first kappa shape index (κ1) is 27.2. The van der Waals surface area contributed by atoms with E-state index in [2.05, 4.69) is 15.3 Å². The Bertz CT molecular complexity index is 1430. The molecule has 37 heavy (non-hydrogen) atoms. The third-order valence-electron chi connectivity index (χ3n) is 4.68. The van der Waals surface area contributed by atoms with Gasteiger partial charge in [0.2, 0.25) is 0 Å². The fourth-order valence-electron chi connectivity index (χ4n) is 3.32. The number of fused-ring (bicyclic) bond motifs is 2. The highest BCUT2D eigenvalue weighted by Crippen LogP contribution is 2.22. The van der Waals surface area contributed by atoms with Gasteiger partial charge in [-0.05, 0) is 90.1 Å². The Kier molecular flexibility index (Phi) is 8.17. The molecule has 2 heterocycles. The molecule has 0 bridgehead atoms. The molecule has 0 saturated heterocycles. The Morgan fingerprint density at radius 3 is 2.30 bits per heavy atom. The van der Waals surface area contributed by atoms with Crippen molar-refractivity contribution in [2.45, 2.75) is 52.7 Å². The van der Waals surface area contributed by atoms with Gasteiger partial charge >= 0.3 is 12.2 Å². The summed E-state index contributed by atoms with van der Waals surface area (Å²) in [5.74, 6) is 0. The van der Waals surface area contributed by atoms with Crippen molar-refractivity contribution in [3.05, 3.63) is 78.4 Å². The number of carbonyl (C=O) groups is 2. The van der Waals surface area contributed by atoms with Gasteiger partial charge in [0.15, 0.2) is 0 Å². The highest BCUT2D eigenvalue weighted by Gasteiger charge is 2.17. The molecular weight excluding hydrogens is 472 g/mol. The van der Waals surface area contributed by atoms with E-state index >= 15 is 0 Å². The number of benzene rings is 2. The highest BCUT2D eigenvalue weighted by molar-refractivity contribution is 5.98. The van der Waals surface area contributed by atoms with E-state index in [0.29, 0.717) is 22.3 Å². The molecule has 4 rings (SSSR count). The molecule has 0 radical (unpaired) electrons. The number of carbonyl (C=O) groups excluding carboxylic acids is 2. The summed E-state index contributed by atoms with van der Waals surface area (Å²) < 4.78 is 11.4. The number of anilines is 1. The second-order valence-electron chi connectivity index (χ2n) is 10.2. The van der Waals surface area contributed by atoms with Crippen molar-refractivity contribution >= 4 is 28.8 Å². The normalized spacial score (nSPS) is 12.0. The number of ether oxygens (including phenoxy) is 2. The molecule has 0 spiro atoms. The maximum atomic E-state index is 11.7. The maximum absolute atomic E-state index is 11.7. The molecule has 2 N–H and O–H groups in total. The van der Waals surface area contributed by atoms with E-state index in [9.17, 15) is 14.8 Å². The number of rotatable bonds is 1. The number of hydrogen-bond acceptors (Lipinski definition) is 6. The van der Waals surface area contributed by atoms with Crippen molar-refractivity contribution in [1.82, 2.24) is 9.71 Å². The average molecular weight is 505 g/mol. The molecule has 2 aromatic rings. The standard InChI is InChI=1S/C14H16N2O3.C14H16N2O2/c1-14(2,3)19-13(17)15-11-7-4-8-12-10(11)6-5-9-16(12)18;1-14(2,3)18-13(17)16-12-8-4-7-11-10(12)6-5-9-15-11/h4-9,18H,1-3H3;4-9H,1-3H3,(H,16,17). The third-order valence-corrected chi connectivity index (χ3v) is 4.68. The molecule has 9 nitrogen and oxygen atoms in total. The topological polar surface area (TPSA) is 115 Å². The summed E-state index contributed by atoms with van der Waals surface area (Å²) in [5.41, 5.74) is 1.71. The van der Waals surface area contributed by atoms with Crippen molar-refractivity contribution < 1.29 is 24.3 Å². The van der Waals surface area contributed by atoms with Crippen LogP contribution in [0.1, 0.15) is 41.5 Å². The highest BCUT2D eigenvalue weighted by atomic mass is 16.6. The number of aromatic nitrogens is 2. The van der Waals surface area contributed by atoms with Gasteiger partial charge in [0.25, 0.3) is 0 Å². The van der Waals surface area contributed by atoms with Crippen molar-refractivity contribution in [3.63, 3.8) is 0 Å². The SMILES string of the molecule is CC(C)(C)OC(=O)N=c1cccc2n(O)cccc1-2.CC(C)(C)OC(=O)Nc1cccc2ncccc12. The monoisotopic (exact) mass is 504 g/mol. The zero-order chi connectivity index (χ0) is 27.2. The fraction of sp³-hybridized carbons (Fsp3) is 0.286. The molecule has 0 unspecified atom stereocenters. The summed E-state index contributed by atoms with van der Waals surface area (Å²) in [6.45, 7) is 10.8. The van der Waals surface area contributed by atoms with Crippen LogP contribution in [0.2, 0.25) is 0 Å². The lowest BCUT2D eigenvalue weighted by Crippen LogP contribution is -2.27. The van der Waals surface area contributed by atoms with Gasteiger partial charge in [-0.15, -0.1) is 0 Å². The van der Waals surface area contributed by atoms with Gasteiger partial charge in [-0.1, -0.05) is 12.1 Å². The molecule has 194 valence electrons. The Morgan fingerprint density at radius 2 is 1.59 bits per heavy atom. The van der Waals surface area contributed by atoms with Gasteiger partial charge in [-0.25, -0.2) is 9.59 Å². The molecule has 0 saturated carbocycles. The van der Waals surface area contributed by atoms with Crippen LogP contribution >= 0.6 is 0 Å². The van der Waals surface area contributed by atoms with E-state index in [1.54, 1.807) is 57.3 Å². The van der Waals surface area contributed by atoms with E-state index < -0.39 is 23.4 Å². The van der Waals surface area contributed by atoms with Crippen LogP contribution in [-0.2, 0) is 9.47 Å². The molecular formula is C28H32N4O5. The first-order chi connectivity index (χ1) is 17.3. The first-order valence-corrected chi connectivity index (χ1v) is 11.7. The predicted octanol–water partition coefficient (Wildman–Crippen LogP) is 6.25. The number of pyridine rings is 2. The van der Waals surface area contributed by atoms with Crippen LogP contribution in [0.15, 0.2) is 78.0 Å². The largest absolute Gasteiger partial charge is 0.444 e. The predicted molar refractivity (Wildman–Crippen MR) is 142 cm³/mol. The number of nitrogens with zero attached hydrogens (tertiary/aromatic N) is 3. The lowest BCUT2D eigenvalue weighted by molar-refractivity contribution is 0.0594. The Balaban J connectivity index is 0.000000206. The van der Waals surface area contributed by atoms with E-state index in [4.69, 9.17) is 9.47 Å². The summed E-state index contributed by atoms with van der Waals surface area (Å²) in [6, 6.07) is 17.9. The summed E-state index contributed by atoms with van der Waals surface area (Å²) >= 11 is 0. The zero-order valence-electron chi connectivity index (χ0n) is 21.9. The summed E-state index contributed by atoms with van der Waals surface area (Å²) in [6.07, 6.45) is 2.13. The molecule has 9 heteroatoms.